The van der Waals surface area contributed by atoms with E-state index in [1.165, 1.54) is 11.8 Å². The number of thioether (sulfide) groups is 1. The van der Waals surface area contributed by atoms with Crippen molar-refractivity contribution in [3.63, 3.8) is 0 Å². The van der Waals surface area contributed by atoms with Crippen LogP contribution in [0.2, 0.25) is 0 Å². The number of nitrogens with one attached hydrogen (secondary N) is 1. The molecule has 0 fully saturated rings. The van der Waals surface area contributed by atoms with Gasteiger partial charge in [0.05, 0.1) is 12.9 Å². The zero-order chi connectivity index (χ0) is 17.6. The minimum Gasteiger partial charge on any atom is -0.497 e. The maximum Gasteiger partial charge on any atom is 0.277 e. The van der Waals surface area contributed by atoms with Gasteiger partial charge in [-0.05, 0) is 42.8 Å². The predicted molar refractivity (Wildman–Crippen MR) is 96.8 cm³/mol. The van der Waals surface area contributed by atoms with E-state index in [4.69, 9.17) is 9.15 Å². The topological polar surface area (TPSA) is 77.2 Å². The number of aromatic nitrogens is 2. The molecule has 1 amide bonds. The third-order valence-corrected chi connectivity index (χ3v) is 4.31. The monoisotopic (exact) mass is 355 g/mol. The summed E-state index contributed by atoms with van der Waals surface area (Å²) in [4.78, 5) is 12.0. The molecule has 1 aromatic heterocycles. The molecule has 0 bridgehead atoms. The van der Waals surface area contributed by atoms with E-state index in [9.17, 15) is 4.79 Å². The van der Waals surface area contributed by atoms with E-state index in [-0.39, 0.29) is 11.7 Å². The van der Waals surface area contributed by atoms with Gasteiger partial charge in [-0.25, -0.2) is 0 Å². The molecule has 3 aromatic rings. The fourth-order valence-electron chi connectivity index (χ4n) is 2.15. The Kier molecular flexibility index (Phi) is 5.35. The van der Waals surface area contributed by atoms with Crippen LogP contribution in [0.3, 0.4) is 0 Å². The maximum absolute atomic E-state index is 12.0. The number of carbonyl (C=O) groups is 1. The molecular formula is C18H17N3O3S. The molecule has 1 heterocycles. The molecule has 0 saturated heterocycles. The third kappa shape index (κ3) is 4.39. The fourth-order valence-corrected chi connectivity index (χ4v) is 2.71. The lowest BCUT2D eigenvalue weighted by Crippen LogP contribution is -2.14. The van der Waals surface area contributed by atoms with Crippen molar-refractivity contribution in [2.45, 2.75) is 12.1 Å². The van der Waals surface area contributed by atoms with Crippen molar-refractivity contribution in [1.82, 2.24) is 10.2 Å². The fraction of sp³-hybridized carbons (Fsp3) is 0.167. The summed E-state index contributed by atoms with van der Waals surface area (Å²) in [6.07, 6.45) is 0. The van der Waals surface area contributed by atoms with Gasteiger partial charge in [0.15, 0.2) is 0 Å². The van der Waals surface area contributed by atoms with Gasteiger partial charge in [-0.1, -0.05) is 30.0 Å². The van der Waals surface area contributed by atoms with Crippen LogP contribution in [0.5, 0.6) is 5.75 Å². The van der Waals surface area contributed by atoms with Crippen molar-refractivity contribution in [1.29, 1.82) is 0 Å². The van der Waals surface area contributed by atoms with Crippen molar-refractivity contribution < 1.29 is 13.9 Å². The van der Waals surface area contributed by atoms with Gasteiger partial charge in [-0.15, -0.1) is 10.2 Å². The Morgan fingerprint density at radius 1 is 1.16 bits per heavy atom. The number of aryl methyl sites for hydroxylation is 1. The normalized spacial score (nSPS) is 10.5. The van der Waals surface area contributed by atoms with E-state index in [0.717, 1.165) is 22.6 Å². The molecule has 2 aromatic carbocycles. The number of methoxy groups -OCH3 is 1. The smallest absolute Gasteiger partial charge is 0.277 e. The molecule has 6 nitrogen and oxygen atoms in total. The van der Waals surface area contributed by atoms with Crippen LogP contribution in [0.4, 0.5) is 5.69 Å². The average Bonchev–Trinajstić information content (AvgIpc) is 3.11. The van der Waals surface area contributed by atoms with Gasteiger partial charge in [0, 0.05) is 11.3 Å². The molecule has 128 valence electrons. The summed E-state index contributed by atoms with van der Waals surface area (Å²) < 4.78 is 10.7. The summed E-state index contributed by atoms with van der Waals surface area (Å²) in [6, 6.07) is 14.9. The highest BCUT2D eigenvalue weighted by molar-refractivity contribution is 7.99. The number of anilines is 1. The molecular weight excluding hydrogens is 338 g/mol. The van der Waals surface area contributed by atoms with Crippen LogP contribution in [-0.4, -0.2) is 29.0 Å². The summed E-state index contributed by atoms with van der Waals surface area (Å²) in [6.45, 7) is 1.95. The van der Waals surface area contributed by atoms with E-state index in [0.29, 0.717) is 11.1 Å². The van der Waals surface area contributed by atoms with Crippen LogP contribution in [0, 0.1) is 6.92 Å². The van der Waals surface area contributed by atoms with Crippen LogP contribution < -0.4 is 10.1 Å². The standard InChI is InChI=1S/C18H17N3O3S/c1-12-5-3-4-6-15(12)19-16(22)11-25-18-21-20-17(24-18)13-7-9-14(23-2)10-8-13/h3-10H,11H2,1-2H3,(H,19,22). The molecule has 7 heteroatoms. The minimum atomic E-state index is -0.122. The van der Waals surface area contributed by atoms with Crippen LogP contribution in [-0.2, 0) is 4.79 Å². The number of benzene rings is 2. The molecule has 1 N–H and O–H groups in total. The highest BCUT2D eigenvalue weighted by Gasteiger charge is 2.12. The number of para-hydroxylation sites is 1. The summed E-state index contributed by atoms with van der Waals surface area (Å²) in [5.41, 5.74) is 2.61. The van der Waals surface area contributed by atoms with Gasteiger partial charge < -0.3 is 14.5 Å². The van der Waals surface area contributed by atoms with E-state index in [1.807, 2.05) is 55.5 Å². The molecule has 0 aliphatic heterocycles. The Hall–Kier alpha value is -2.80. The zero-order valence-corrected chi connectivity index (χ0v) is 14.7. The summed E-state index contributed by atoms with van der Waals surface area (Å²) in [5, 5.41) is 11.2. The number of carbonyl (C=O) groups excluding carboxylic acids is 1. The van der Waals surface area contributed by atoms with Crippen LogP contribution in [0.1, 0.15) is 5.56 Å². The Bertz CT molecular complexity index is 862. The lowest BCUT2D eigenvalue weighted by atomic mass is 10.2. The number of rotatable bonds is 6. The number of amides is 1. The molecule has 0 saturated carbocycles. The van der Waals surface area contributed by atoms with Crippen LogP contribution in [0.25, 0.3) is 11.5 Å². The van der Waals surface area contributed by atoms with Crippen molar-refractivity contribution in [3.05, 3.63) is 54.1 Å². The predicted octanol–water partition coefficient (Wildman–Crippen LogP) is 3.78. The van der Waals surface area contributed by atoms with Gasteiger partial charge in [0.25, 0.3) is 5.22 Å². The lowest BCUT2D eigenvalue weighted by molar-refractivity contribution is -0.113. The van der Waals surface area contributed by atoms with Crippen molar-refractivity contribution in [3.8, 4) is 17.2 Å². The third-order valence-electron chi connectivity index (χ3n) is 3.49. The number of hydrogen-bond donors (Lipinski definition) is 1. The molecule has 0 unspecified atom stereocenters. The second-order valence-corrected chi connectivity index (χ2v) is 6.18. The van der Waals surface area contributed by atoms with Gasteiger partial charge in [-0.3, -0.25) is 4.79 Å². The van der Waals surface area contributed by atoms with E-state index >= 15 is 0 Å². The van der Waals surface area contributed by atoms with Crippen LogP contribution in [0.15, 0.2) is 58.2 Å². The lowest BCUT2D eigenvalue weighted by Gasteiger charge is -2.06. The Morgan fingerprint density at radius 2 is 1.92 bits per heavy atom. The summed E-state index contributed by atoms with van der Waals surface area (Å²) >= 11 is 1.20. The second kappa shape index (κ2) is 7.85. The Morgan fingerprint density at radius 3 is 2.64 bits per heavy atom. The quantitative estimate of drug-likeness (QED) is 0.678. The highest BCUT2D eigenvalue weighted by Crippen LogP contribution is 2.25. The largest absolute Gasteiger partial charge is 0.497 e. The van der Waals surface area contributed by atoms with Gasteiger partial charge in [0.2, 0.25) is 11.8 Å². The molecule has 3 rings (SSSR count). The maximum atomic E-state index is 12.0. The average molecular weight is 355 g/mol. The molecule has 0 aliphatic carbocycles. The highest BCUT2D eigenvalue weighted by atomic mass is 32.2. The first kappa shape index (κ1) is 17.0. The van der Waals surface area contributed by atoms with E-state index < -0.39 is 0 Å². The van der Waals surface area contributed by atoms with Gasteiger partial charge in [0.1, 0.15) is 5.75 Å². The first-order valence-corrected chi connectivity index (χ1v) is 8.60. The minimum absolute atomic E-state index is 0.122. The number of hydrogen-bond acceptors (Lipinski definition) is 6. The summed E-state index contributed by atoms with van der Waals surface area (Å²) in [7, 11) is 1.61. The molecule has 0 atom stereocenters. The van der Waals surface area contributed by atoms with Gasteiger partial charge >= 0.3 is 0 Å². The number of ether oxygens (including phenoxy) is 1. The number of nitrogens with zero attached hydrogens (tertiary/aromatic N) is 2. The zero-order valence-electron chi connectivity index (χ0n) is 13.9. The first-order chi connectivity index (χ1) is 12.2. The molecule has 0 radical (unpaired) electrons. The van der Waals surface area contributed by atoms with E-state index in [2.05, 4.69) is 15.5 Å². The molecule has 0 spiro atoms. The van der Waals surface area contributed by atoms with Crippen molar-refractivity contribution >= 4 is 23.4 Å². The second-order valence-electron chi connectivity index (χ2n) is 5.25. The van der Waals surface area contributed by atoms with Crippen molar-refractivity contribution in [2.24, 2.45) is 0 Å². The Balaban J connectivity index is 1.58. The molecule has 0 aliphatic rings. The molecule has 25 heavy (non-hydrogen) atoms. The Labute approximate surface area is 149 Å². The van der Waals surface area contributed by atoms with Crippen molar-refractivity contribution in [2.75, 3.05) is 18.2 Å². The summed E-state index contributed by atoms with van der Waals surface area (Å²) in [5.74, 6) is 1.23. The van der Waals surface area contributed by atoms with Gasteiger partial charge in [-0.2, -0.15) is 0 Å². The van der Waals surface area contributed by atoms with E-state index in [1.54, 1.807) is 7.11 Å². The van der Waals surface area contributed by atoms with Crippen LogP contribution >= 0.6 is 11.8 Å². The first-order valence-electron chi connectivity index (χ1n) is 7.62. The SMILES string of the molecule is COc1ccc(-c2nnc(SCC(=O)Nc3ccccc3C)o2)cc1.